The van der Waals surface area contributed by atoms with Crippen LogP contribution in [0.5, 0.6) is 0 Å². The molecule has 1 nitrogen and oxygen atoms in total. The maximum atomic E-state index is 2.41. The summed E-state index contributed by atoms with van der Waals surface area (Å²) in [5.74, 6) is 1.32. The number of rotatable bonds is 0. The van der Waals surface area contributed by atoms with Crippen LogP contribution in [-0.4, -0.2) is 36.0 Å². The zero-order chi connectivity index (χ0) is 6.69. The van der Waals surface area contributed by atoms with Crippen LogP contribution in [0.4, 0.5) is 0 Å². The summed E-state index contributed by atoms with van der Waals surface area (Å²) in [6, 6.07) is 0. The molecule has 1 rings (SSSR count). The minimum atomic E-state index is 0.884. The van der Waals surface area contributed by atoms with Gasteiger partial charge >= 0.3 is 0 Å². The summed E-state index contributed by atoms with van der Waals surface area (Å²) in [7, 11) is 2.21. The van der Waals surface area contributed by atoms with E-state index in [9.17, 15) is 0 Å². The van der Waals surface area contributed by atoms with Crippen LogP contribution in [0.25, 0.3) is 0 Å². The molecule has 0 bridgehead atoms. The Bertz CT molecular complexity index is 75.0. The van der Waals surface area contributed by atoms with Crippen molar-refractivity contribution < 1.29 is 0 Å². The first-order chi connectivity index (χ1) is 4.29. The van der Waals surface area contributed by atoms with E-state index in [4.69, 9.17) is 0 Å². The van der Waals surface area contributed by atoms with Gasteiger partial charge in [-0.2, -0.15) is 11.8 Å². The highest BCUT2D eigenvalue weighted by Gasteiger charge is 2.09. The largest absolute Gasteiger partial charge is 0.306 e. The second-order valence-corrected chi connectivity index (χ2v) is 4.32. The van der Waals surface area contributed by atoms with E-state index in [1.165, 1.54) is 25.3 Å². The molecule has 9 heavy (non-hydrogen) atoms. The highest BCUT2D eigenvalue weighted by molar-refractivity contribution is 7.99. The molecule has 0 radical (unpaired) electrons. The first-order valence-corrected chi connectivity index (χ1v) is 4.64. The Hall–Kier alpha value is 0.310. The summed E-state index contributed by atoms with van der Waals surface area (Å²) in [5, 5.41) is 0.884. The van der Waals surface area contributed by atoms with Gasteiger partial charge in [0.1, 0.15) is 0 Å². The zero-order valence-electron chi connectivity index (χ0n) is 6.26. The van der Waals surface area contributed by atoms with E-state index in [1.54, 1.807) is 0 Å². The Labute approximate surface area is 61.8 Å². The predicted octanol–water partition coefficient (Wildman–Crippen LogP) is 1.44. The van der Waals surface area contributed by atoms with E-state index in [0.717, 1.165) is 5.25 Å². The van der Waals surface area contributed by atoms with Crippen LogP contribution in [0.1, 0.15) is 13.3 Å². The van der Waals surface area contributed by atoms with Crippen molar-refractivity contribution in [1.29, 1.82) is 0 Å². The van der Waals surface area contributed by atoms with Crippen molar-refractivity contribution in [3.63, 3.8) is 0 Å². The lowest BCUT2D eigenvalue weighted by Crippen LogP contribution is -2.20. The fourth-order valence-corrected chi connectivity index (χ4v) is 2.10. The Morgan fingerprint density at radius 2 is 2.22 bits per heavy atom. The average Bonchev–Trinajstić information content (AvgIpc) is 1.97. The minimum Gasteiger partial charge on any atom is -0.306 e. The molecule has 54 valence electrons. The molecule has 1 heterocycles. The molecule has 0 spiro atoms. The molecule has 2 heteroatoms. The molecule has 1 atom stereocenters. The van der Waals surface area contributed by atoms with Crippen molar-refractivity contribution in [3.05, 3.63) is 0 Å². The summed E-state index contributed by atoms with van der Waals surface area (Å²) in [4.78, 5) is 2.41. The van der Waals surface area contributed by atoms with Gasteiger partial charge in [0, 0.05) is 17.5 Å². The standard InChI is InChI=1S/C7H15NS/c1-7-3-4-8(2)5-6-9-7/h7H,3-6H2,1-2H3. The third-order valence-corrected chi connectivity index (χ3v) is 3.02. The van der Waals surface area contributed by atoms with Gasteiger partial charge < -0.3 is 4.90 Å². The molecule has 0 saturated carbocycles. The van der Waals surface area contributed by atoms with Crippen molar-refractivity contribution in [2.75, 3.05) is 25.9 Å². The number of hydrogen-bond acceptors (Lipinski definition) is 2. The van der Waals surface area contributed by atoms with E-state index in [2.05, 4.69) is 30.6 Å². The van der Waals surface area contributed by atoms with Crippen molar-refractivity contribution >= 4 is 11.8 Å². The third-order valence-electron chi connectivity index (χ3n) is 1.79. The average molecular weight is 145 g/mol. The summed E-state index contributed by atoms with van der Waals surface area (Å²) >= 11 is 2.10. The van der Waals surface area contributed by atoms with E-state index < -0.39 is 0 Å². The summed E-state index contributed by atoms with van der Waals surface area (Å²) in [6.07, 6.45) is 1.36. The normalized spacial score (nSPS) is 32.0. The molecule has 0 amide bonds. The van der Waals surface area contributed by atoms with Crippen LogP contribution in [0.15, 0.2) is 0 Å². The summed E-state index contributed by atoms with van der Waals surface area (Å²) in [6.45, 7) is 4.88. The first kappa shape index (κ1) is 7.42. The molecule has 0 aromatic rings. The van der Waals surface area contributed by atoms with Crippen molar-refractivity contribution in [2.45, 2.75) is 18.6 Å². The molecule has 0 aromatic carbocycles. The fraction of sp³-hybridized carbons (Fsp3) is 1.00. The van der Waals surface area contributed by atoms with Gasteiger partial charge in [-0.3, -0.25) is 0 Å². The maximum absolute atomic E-state index is 2.41. The highest BCUT2D eigenvalue weighted by atomic mass is 32.2. The monoisotopic (exact) mass is 145 g/mol. The predicted molar refractivity (Wildman–Crippen MR) is 44.0 cm³/mol. The maximum Gasteiger partial charge on any atom is 0.00694 e. The molecule has 0 aromatic heterocycles. The first-order valence-electron chi connectivity index (χ1n) is 3.59. The van der Waals surface area contributed by atoms with E-state index >= 15 is 0 Å². The zero-order valence-corrected chi connectivity index (χ0v) is 7.08. The van der Waals surface area contributed by atoms with Crippen LogP contribution in [0, 0.1) is 0 Å². The summed E-state index contributed by atoms with van der Waals surface area (Å²) < 4.78 is 0. The Morgan fingerprint density at radius 1 is 1.44 bits per heavy atom. The van der Waals surface area contributed by atoms with Gasteiger partial charge in [-0.05, 0) is 20.0 Å². The Morgan fingerprint density at radius 3 is 3.00 bits per heavy atom. The SMILES string of the molecule is CC1CCN(C)CCS1. The van der Waals surface area contributed by atoms with E-state index in [0.29, 0.717) is 0 Å². The van der Waals surface area contributed by atoms with Crippen LogP contribution >= 0.6 is 11.8 Å². The molecule has 1 unspecified atom stereocenters. The van der Waals surface area contributed by atoms with Crippen molar-refractivity contribution in [3.8, 4) is 0 Å². The van der Waals surface area contributed by atoms with Gasteiger partial charge in [0.05, 0.1) is 0 Å². The van der Waals surface area contributed by atoms with Crippen LogP contribution in [0.2, 0.25) is 0 Å². The minimum absolute atomic E-state index is 0.884. The van der Waals surface area contributed by atoms with Crippen molar-refractivity contribution in [2.24, 2.45) is 0 Å². The van der Waals surface area contributed by atoms with Gasteiger partial charge in [-0.15, -0.1) is 0 Å². The smallest absolute Gasteiger partial charge is 0.00694 e. The van der Waals surface area contributed by atoms with Gasteiger partial charge in [0.15, 0.2) is 0 Å². The van der Waals surface area contributed by atoms with E-state index in [-0.39, 0.29) is 0 Å². The summed E-state index contributed by atoms with van der Waals surface area (Å²) in [5.41, 5.74) is 0. The molecule has 1 aliphatic heterocycles. The molecule has 1 fully saturated rings. The molecule has 0 N–H and O–H groups in total. The van der Waals surface area contributed by atoms with Gasteiger partial charge in [-0.25, -0.2) is 0 Å². The van der Waals surface area contributed by atoms with Gasteiger partial charge in [0.2, 0.25) is 0 Å². The number of hydrogen-bond donors (Lipinski definition) is 0. The molecular formula is C7H15NS. The Balaban J connectivity index is 2.25. The third kappa shape index (κ3) is 2.59. The van der Waals surface area contributed by atoms with Crippen LogP contribution in [-0.2, 0) is 0 Å². The molecule has 1 saturated heterocycles. The molecule has 1 aliphatic rings. The molecule has 0 aliphatic carbocycles. The Kier molecular flexibility index (Phi) is 2.86. The highest BCUT2D eigenvalue weighted by Crippen LogP contribution is 2.17. The topological polar surface area (TPSA) is 3.24 Å². The lowest BCUT2D eigenvalue weighted by Gasteiger charge is -2.10. The van der Waals surface area contributed by atoms with Crippen LogP contribution in [0.3, 0.4) is 0 Å². The molecular weight excluding hydrogens is 130 g/mol. The quantitative estimate of drug-likeness (QED) is 0.507. The van der Waals surface area contributed by atoms with Gasteiger partial charge in [0.25, 0.3) is 0 Å². The lowest BCUT2D eigenvalue weighted by atomic mass is 10.3. The van der Waals surface area contributed by atoms with Crippen molar-refractivity contribution in [1.82, 2.24) is 4.90 Å². The van der Waals surface area contributed by atoms with E-state index in [1.807, 2.05) is 0 Å². The number of thioether (sulfide) groups is 1. The van der Waals surface area contributed by atoms with Gasteiger partial charge in [-0.1, -0.05) is 6.92 Å². The number of nitrogens with zero attached hydrogens (tertiary/aromatic N) is 1. The second kappa shape index (κ2) is 3.47. The fourth-order valence-electron chi connectivity index (χ4n) is 1.01. The second-order valence-electron chi connectivity index (χ2n) is 2.77. The van der Waals surface area contributed by atoms with Crippen LogP contribution < -0.4 is 0 Å². The lowest BCUT2D eigenvalue weighted by molar-refractivity contribution is 0.356.